The number of ketones is 1. The first-order valence-electron chi connectivity index (χ1n) is 8.19. The number of aliphatic imine (C=N–C) groups is 1. The fourth-order valence-corrected chi connectivity index (χ4v) is 2.64. The summed E-state index contributed by atoms with van der Waals surface area (Å²) < 4.78 is 3.53. The van der Waals surface area contributed by atoms with Gasteiger partial charge in [0.2, 0.25) is 0 Å². The van der Waals surface area contributed by atoms with Crippen molar-refractivity contribution in [2.24, 2.45) is 10.7 Å². The van der Waals surface area contributed by atoms with E-state index in [1.807, 2.05) is 32.4 Å². The summed E-state index contributed by atoms with van der Waals surface area (Å²) in [6, 6.07) is 0.145. The number of aromatic nitrogens is 2. The largest absolute Gasteiger partial charge is 0.397 e. The molecule has 0 bridgehead atoms. The van der Waals surface area contributed by atoms with Gasteiger partial charge in [0.1, 0.15) is 0 Å². The van der Waals surface area contributed by atoms with E-state index in [1.54, 1.807) is 17.7 Å². The van der Waals surface area contributed by atoms with Crippen LogP contribution in [0.3, 0.4) is 0 Å². The maximum atomic E-state index is 12.8. The van der Waals surface area contributed by atoms with E-state index in [1.165, 1.54) is 6.08 Å². The summed E-state index contributed by atoms with van der Waals surface area (Å²) in [5.41, 5.74) is 7.32. The average molecular weight is 331 g/mol. The van der Waals surface area contributed by atoms with Crippen molar-refractivity contribution in [2.45, 2.75) is 53.8 Å². The van der Waals surface area contributed by atoms with E-state index < -0.39 is 0 Å². The molecular formula is C17H25N5O2. The quantitative estimate of drug-likeness (QED) is 0.806. The molecule has 0 fully saturated rings. The lowest BCUT2D eigenvalue weighted by molar-refractivity contribution is -0.111. The van der Waals surface area contributed by atoms with Crippen molar-refractivity contribution >= 4 is 23.0 Å². The fourth-order valence-electron chi connectivity index (χ4n) is 2.64. The predicted molar refractivity (Wildman–Crippen MR) is 96.9 cm³/mol. The molecule has 0 atom stereocenters. The van der Waals surface area contributed by atoms with Gasteiger partial charge in [-0.1, -0.05) is 0 Å². The molecule has 0 unspecified atom stereocenters. The lowest BCUT2D eigenvalue weighted by Gasteiger charge is -2.15. The summed E-state index contributed by atoms with van der Waals surface area (Å²) in [4.78, 5) is 28.9. The van der Waals surface area contributed by atoms with Gasteiger partial charge in [0, 0.05) is 25.2 Å². The molecule has 0 amide bonds. The van der Waals surface area contributed by atoms with E-state index in [4.69, 9.17) is 5.73 Å². The molecule has 0 aliphatic heterocycles. The monoisotopic (exact) mass is 331 g/mol. The minimum Gasteiger partial charge on any atom is -0.397 e. The Morgan fingerprint density at radius 2 is 1.79 bits per heavy atom. The third-order valence-electron chi connectivity index (χ3n) is 3.79. The van der Waals surface area contributed by atoms with E-state index in [2.05, 4.69) is 10.3 Å². The molecule has 0 aromatic carbocycles. The zero-order chi connectivity index (χ0) is 18.0. The highest BCUT2D eigenvalue weighted by atomic mass is 16.1. The van der Waals surface area contributed by atoms with Crippen LogP contribution in [0, 0.1) is 0 Å². The molecule has 0 saturated heterocycles. The van der Waals surface area contributed by atoms with Crippen molar-refractivity contribution in [3.63, 3.8) is 0 Å². The molecule has 24 heavy (non-hydrogen) atoms. The van der Waals surface area contributed by atoms with Crippen LogP contribution in [0.5, 0.6) is 0 Å². The number of hydrogen-bond acceptors (Lipinski definition) is 5. The summed E-state index contributed by atoms with van der Waals surface area (Å²) in [5, 5.41) is 3.30. The molecule has 1 aliphatic carbocycles. The molecule has 0 spiro atoms. The minimum absolute atomic E-state index is 0.135. The molecule has 130 valence electrons. The lowest BCUT2D eigenvalue weighted by Crippen LogP contribution is -2.23. The molecular weight excluding hydrogens is 306 g/mol. The number of nitrogens with two attached hydrogens (primary N) is 1. The third kappa shape index (κ3) is 3.20. The van der Waals surface area contributed by atoms with Crippen LogP contribution in [0.1, 0.15) is 34.6 Å². The summed E-state index contributed by atoms with van der Waals surface area (Å²) in [7, 11) is 0. The predicted octanol–water partition coefficient (Wildman–Crippen LogP) is 1.95. The number of carbonyl (C=O) groups excluding carboxylic acids is 1. The highest BCUT2D eigenvalue weighted by Gasteiger charge is 2.21. The molecule has 1 heterocycles. The molecule has 0 saturated carbocycles. The van der Waals surface area contributed by atoms with Crippen molar-refractivity contribution in [2.75, 3.05) is 5.32 Å². The van der Waals surface area contributed by atoms with Gasteiger partial charge in [-0.25, -0.2) is 9.67 Å². The molecule has 0 radical (unpaired) electrons. The van der Waals surface area contributed by atoms with Gasteiger partial charge in [-0.05, 0) is 46.3 Å². The van der Waals surface area contributed by atoms with Crippen molar-refractivity contribution in [3.05, 3.63) is 33.8 Å². The highest BCUT2D eigenvalue weighted by molar-refractivity contribution is 6.22. The van der Waals surface area contributed by atoms with Gasteiger partial charge in [-0.2, -0.15) is 0 Å². The van der Waals surface area contributed by atoms with Crippen LogP contribution in [0.2, 0.25) is 0 Å². The molecule has 7 heteroatoms. The molecule has 7 nitrogen and oxygen atoms in total. The first kappa shape index (κ1) is 17.8. The Morgan fingerprint density at radius 1 is 1.17 bits per heavy atom. The molecule has 1 aromatic heterocycles. The number of nitrogens with zero attached hydrogens (tertiary/aromatic N) is 3. The summed E-state index contributed by atoms with van der Waals surface area (Å²) in [6.07, 6.45) is 2.97. The Hall–Kier alpha value is -2.57. The first-order valence-corrected chi connectivity index (χ1v) is 8.19. The standard InChI is InChI=1S/C17H25N5O2/c1-6-21-16(19-10(3)4)15(17(24)22(21)7-2)20-13-8-11(5)14(23)9-12(13)18/h8-10,19H,6-7,18H2,1-5H3/b20-13+. The second-order valence-corrected chi connectivity index (χ2v) is 6.02. The summed E-state index contributed by atoms with van der Waals surface area (Å²) >= 11 is 0. The van der Waals surface area contributed by atoms with Crippen LogP contribution in [0.25, 0.3) is 0 Å². The van der Waals surface area contributed by atoms with Crippen LogP contribution in [0.15, 0.2) is 33.2 Å². The highest BCUT2D eigenvalue weighted by Crippen LogP contribution is 2.25. The second-order valence-electron chi connectivity index (χ2n) is 6.02. The van der Waals surface area contributed by atoms with E-state index in [9.17, 15) is 9.59 Å². The Kier molecular flexibility index (Phi) is 5.11. The lowest BCUT2D eigenvalue weighted by atomic mass is 10.0. The van der Waals surface area contributed by atoms with Crippen molar-refractivity contribution in [1.82, 2.24) is 9.36 Å². The van der Waals surface area contributed by atoms with Gasteiger partial charge in [0.15, 0.2) is 17.3 Å². The van der Waals surface area contributed by atoms with Crippen molar-refractivity contribution in [1.29, 1.82) is 0 Å². The Balaban J connectivity index is 2.68. The Morgan fingerprint density at radius 3 is 2.33 bits per heavy atom. The zero-order valence-corrected chi connectivity index (χ0v) is 14.9. The van der Waals surface area contributed by atoms with Crippen molar-refractivity contribution in [3.8, 4) is 0 Å². The number of nitrogens with one attached hydrogen (secondary N) is 1. The zero-order valence-electron chi connectivity index (χ0n) is 14.9. The van der Waals surface area contributed by atoms with Gasteiger partial charge in [-0.3, -0.25) is 14.3 Å². The summed E-state index contributed by atoms with van der Waals surface area (Å²) in [6.45, 7) is 10.8. The Bertz CT molecular complexity index is 806. The SMILES string of the molecule is CCn1c(NC(C)C)c(/N=C2\C=C(C)C(=O)C=C2N)c(=O)n1CC. The van der Waals surface area contributed by atoms with Crippen LogP contribution < -0.4 is 16.6 Å². The number of allylic oxidation sites excluding steroid dienone is 3. The van der Waals surface area contributed by atoms with Crippen LogP contribution in [-0.2, 0) is 17.9 Å². The smallest absolute Gasteiger partial charge is 0.294 e. The van der Waals surface area contributed by atoms with E-state index in [0.717, 1.165) is 0 Å². The van der Waals surface area contributed by atoms with Crippen LogP contribution in [-0.4, -0.2) is 26.9 Å². The number of hydrogen-bond donors (Lipinski definition) is 2. The van der Waals surface area contributed by atoms with E-state index in [-0.39, 0.29) is 23.1 Å². The van der Waals surface area contributed by atoms with Crippen molar-refractivity contribution < 1.29 is 4.79 Å². The minimum atomic E-state index is -0.175. The van der Waals surface area contributed by atoms with Crippen LogP contribution in [0.4, 0.5) is 11.5 Å². The number of rotatable bonds is 5. The normalized spacial score (nSPS) is 16.6. The van der Waals surface area contributed by atoms with Gasteiger partial charge < -0.3 is 11.1 Å². The maximum Gasteiger partial charge on any atom is 0.294 e. The van der Waals surface area contributed by atoms with E-state index in [0.29, 0.717) is 35.9 Å². The third-order valence-corrected chi connectivity index (χ3v) is 3.79. The van der Waals surface area contributed by atoms with Gasteiger partial charge in [0.25, 0.3) is 5.56 Å². The number of carbonyl (C=O) groups is 1. The average Bonchev–Trinajstić information content (AvgIpc) is 2.75. The second kappa shape index (κ2) is 6.90. The van der Waals surface area contributed by atoms with Gasteiger partial charge in [0.05, 0.1) is 11.4 Å². The maximum absolute atomic E-state index is 12.8. The first-order chi connectivity index (χ1) is 11.3. The molecule has 3 N–H and O–H groups in total. The topological polar surface area (TPSA) is 94.4 Å². The van der Waals surface area contributed by atoms with Gasteiger partial charge >= 0.3 is 0 Å². The molecule has 2 rings (SSSR count). The fraction of sp³-hybridized carbons (Fsp3) is 0.471. The molecule has 1 aromatic rings. The summed E-state index contributed by atoms with van der Waals surface area (Å²) in [5.74, 6) is 0.534. The van der Waals surface area contributed by atoms with E-state index >= 15 is 0 Å². The van der Waals surface area contributed by atoms with Crippen LogP contribution >= 0.6 is 0 Å². The van der Waals surface area contributed by atoms with Gasteiger partial charge in [-0.15, -0.1) is 0 Å². The Labute approximate surface area is 141 Å². The number of anilines is 1. The molecule has 1 aliphatic rings.